The molecule has 7 heteroatoms. The molecule has 2 saturated heterocycles. The molecule has 1 N–H and O–H groups in total. The van der Waals surface area contributed by atoms with Crippen molar-refractivity contribution in [3.05, 3.63) is 42.2 Å². The number of nitrogens with zero attached hydrogens (tertiary/aromatic N) is 4. The molecule has 0 saturated carbocycles. The number of likely N-dealkylation sites (tertiary alicyclic amines) is 1. The SMILES string of the molecule is CNC(=O)c1cncc(-c2ccc3nc(N4CC[C@@H](N5CCCCC5)C4)sc3c2)c1. The van der Waals surface area contributed by atoms with Crippen LogP contribution in [0.3, 0.4) is 0 Å². The third-order valence-corrected chi connectivity index (χ3v) is 7.36. The standard InChI is InChI=1S/C23H27N5OS/c1-24-22(29)18-11-17(13-25-14-18)16-5-6-20-21(12-16)30-23(26-20)28-10-7-19(15-28)27-8-3-2-4-9-27/h5-6,11-14,19H,2-4,7-10,15H2,1H3,(H,24,29)/t19-/m1/s1. The Bertz CT molecular complexity index is 1060. The van der Waals surface area contributed by atoms with E-state index in [2.05, 4.69) is 38.3 Å². The molecular formula is C23H27N5OS. The summed E-state index contributed by atoms with van der Waals surface area (Å²) < 4.78 is 1.18. The van der Waals surface area contributed by atoms with Crippen molar-refractivity contribution < 1.29 is 4.79 Å². The van der Waals surface area contributed by atoms with Crippen LogP contribution in [0.5, 0.6) is 0 Å². The Kier molecular flexibility index (Phi) is 5.39. The molecule has 2 fully saturated rings. The highest BCUT2D eigenvalue weighted by Crippen LogP contribution is 2.34. The van der Waals surface area contributed by atoms with Gasteiger partial charge in [0.2, 0.25) is 0 Å². The van der Waals surface area contributed by atoms with Gasteiger partial charge in [-0.1, -0.05) is 23.8 Å². The van der Waals surface area contributed by atoms with E-state index in [-0.39, 0.29) is 5.91 Å². The number of rotatable bonds is 4. The Hall–Kier alpha value is -2.51. The molecule has 5 rings (SSSR count). The van der Waals surface area contributed by atoms with Crippen LogP contribution in [-0.2, 0) is 0 Å². The molecule has 6 nitrogen and oxygen atoms in total. The van der Waals surface area contributed by atoms with Crippen molar-refractivity contribution in [2.45, 2.75) is 31.7 Å². The highest BCUT2D eigenvalue weighted by Gasteiger charge is 2.29. The van der Waals surface area contributed by atoms with Crippen LogP contribution in [0.2, 0.25) is 0 Å². The van der Waals surface area contributed by atoms with Gasteiger partial charge in [0.05, 0.1) is 15.8 Å². The first kappa shape index (κ1) is 19.5. The molecule has 0 radical (unpaired) electrons. The number of thiazole rings is 1. The molecule has 2 aromatic heterocycles. The molecule has 2 aliphatic rings. The van der Waals surface area contributed by atoms with Gasteiger partial charge in [0.1, 0.15) is 0 Å². The van der Waals surface area contributed by atoms with Crippen molar-refractivity contribution in [2.24, 2.45) is 0 Å². The molecule has 0 spiro atoms. The number of amides is 1. The second kappa shape index (κ2) is 8.32. The van der Waals surface area contributed by atoms with Crippen LogP contribution >= 0.6 is 11.3 Å². The number of pyridine rings is 1. The molecule has 2 aliphatic heterocycles. The first-order valence-corrected chi connectivity index (χ1v) is 11.6. The molecule has 0 bridgehead atoms. The number of benzene rings is 1. The second-order valence-corrected chi connectivity index (χ2v) is 9.21. The average molecular weight is 422 g/mol. The largest absolute Gasteiger partial charge is 0.355 e. The van der Waals surface area contributed by atoms with Crippen molar-refractivity contribution in [3.8, 4) is 11.1 Å². The van der Waals surface area contributed by atoms with Crippen LogP contribution in [0.15, 0.2) is 36.7 Å². The smallest absolute Gasteiger partial charge is 0.252 e. The quantitative estimate of drug-likeness (QED) is 0.695. The van der Waals surface area contributed by atoms with E-state index in [1.807, 2.05) is 6.07 Å². The maximum atomic E-state index is 11.9. The van der Waals surface area contributed by atoms with Crippen molar-refractivity contribution >= 4 is 32.6 Å². The number of fused-ring (bicyclic) bond motifs is 1. The van der Waals surface area contributed by atoms with E-state index in [1.54, 1.807) is 30.8 Å². The number of hydrogen-bond acceptors (Lipinski definition) is 6. The molecule has 1 atom stereocenters. The van der Waals surface area contributed by atoms with Crippen LogP contribution in [0.1, 0.15) is 36.0 Å². The molecule has 0 aliphatic carbocycles. The summed E-state index contributed by atoms with van der Waals surface area (Å²) in [7, 11) is 1.63. The zero-order valence-electron chi connectivity index (χ0n) is 17.3. The van der Waals surface area contributed by atoms with E-state index in [9.17, 15) is 4.79 Å². The van der Waals surface area contributed by atoms with E-state index >= 15 is 0 Å². The molecule has 4 heterocycles. The van der Waals surface area contributed by atoms with Gasteiger partial charge in [0.15, 0.2) is 5.13 Å². The summed E-state index contributed by atoms with van der Waals surface area (Å²) in [5.74, 6) is -0.122. The van der Waals surface area contributed by atoms with Crippen LogP contribution in [0.25, 0.3) is 21.3 Å². The molecular weight excluding hydrogens is 394 g/mol. The van der Waals surface area contributed by atoms with Crippen molar-refractivity contribution in [1.82, 2.24) is 20.2 Å². The summed E-state index contributed by atoms with van der Waals surface area (Å²) in [6.07, 6.45) is 8.71. The van der Waals surface area contributed by atoms with E-state index in [0.717, 1.165) is 34.9 Å². The molecule has 1 aromatic carbocycles. The Morgan fingerprint density at radius 3 is 2.80 bits per heavy atom. The van der Waals surface area contributed by atoms with Gasteiger partial charge in [-0.05, 0) is 56.1 Å². The first-order chi connectivity index (χ1) is 14.7. The minimum atomic E-state index is -0.122. The van der Waals surface area contributed by atoms with Gasteiger partial charge in [-0.2, -0.15) is 0 Å². The fraction of sp³-hybridized carbons (Fsp3) is 0.435. The van der Waals surface area contributed by atoms with Crippen molar-refractivity contribution in [2.75, 3.05) is 38.1 Å². The van der Waals surface area contributed by atoms with E-state index < -0.39 is 0 Å². The lowest BCUT2D eigenvalue weighted by Crippen LogP contribution is -2.40. The Morgan fingerprint density at radius 1 is 1.10 bits per heavy atom. The van der Waals surface area contributed by atoms with Gasteiger partial charge in [-0.3, -0.25) is 14.7 Å². The fourth-order valence-corrected chi connectivity index (χ4v) is 5.63. The molecule has 30 heavy (non-hydrogen) atoms. The predicted molar refractivity (Wildman–Crippen MR) is 122 cm³/mol. The van der Waals surface area contributed by atoms with Crippen LogP contribution in [0.4, 0.5) is 5.13 Å². The summed E-state index contributed by atoms with van der Waals surface area (Å²) in [4.78, 5) is 26.2. The molecule has 3 aromatic rings. The number of piperidine rings is 1. The van der Waals surface area contributed by atoms with E-state index in [1.165, 1.54) is 43.5 Å². The van der Waals surface area contributed by atoms with Gasteiger partial charge in [0.25, 0.3) is 5.91 Å². The third-order valence-electron chi connectivity index (χ3n) is 6.28. The third kappa shape index (κ3) is 3.79. The van der Waals surface area contributed by atoms with Gasteiger partial charge in [-0.15, -0.1) is 0 Å². The predicted octanol–water partition coefficient (Wildman–Crippen LogP) is 3.78. The molecule has 0 unspecified atom stereocenters. The van der Waals surface area contributed by atoms with Gasteiger partial charge in [-0.25, -0.2) is 4.98 Å². The monoisotopic (exact) mass is 421 g/mol. The lowest BCUT2D eigenvalue weighted by molar-refractivity contribution is 0.0963. The summed E-state index contributed by atoms with van der Waals surface area (Å²) in [5, 5.41) is 3.78. The summed E-state index contributed by atoms with van der Waals surface area (Å²) in [5.41, 5.74) is 3.61. The zero-order valence-corrected chi connectivity index (χ0v) is 18.1. The van der Waals surface area contributed by atoms with Gasteiger partial charge >= 0.3 is 0 Å². The second-order valence-electron chi connectivity index (χ2n) is 8.21. The normalized spacial score (nSPS) is 20.0. The minimum absolute atomic E-state index is 0.122. The van der Waals surface area contributed by atoms with Crippen LogP contribution < -0.4 is 10.2 Å². The number of anilines is 1. The van der Waals surface area contributed by atoms with Gasteiger partial charge in [0, 0.05) is 44.1 Å². The maximum Gasteiger partial charge on any atom is 0.252 e. The first-order valence-electron chi connectivity index (χ1n) is 10.8. The number of nitrogens with one attached hydrogen (secondary N) is 1. The highest BCUT2D eigenvalue weighted by atomic mass is 32.1. The minimum Gasteiger partial charge on any atom is -0.355 e. The summed E-state index contributed by atoms with van der Waals surface area (Å²) in [6.45, 7) is 4.69. The Morgan fingerprint density at radius 2 is 1.97 bits per heavy atom. The van der Waals surface area contributed by atoms with Crippen LogP contribution in [-0.4, -0.2) is 60.0 Å². The number of carbonyl (C=O) groups is 1. The number of hydrogen-bond donors (Lipinski definition) is 1. The number of aromatic nitrogens is 2. The maximum absolute atomic E-state index is 11.9. The van der Waals surface area contributed by atoms with Gasteiger partial charge < -0.3 is 10.2 Å². The molecule has 1 amide bonds. The van der Waals surface area contributed by atoms with E-state index in [4.69, 9.17) is 4.98 Å². The van der Waals surface area contributed by atoms with E-state index in [0.29, 0.717) is 11.6 Å². The Balaban J connectivity index is 1.36. The summed E-state index contributed by atoms with van der Waals surface area (Å²) >= 11 is 1.76. The summed E-state index contributed by atoms with van der Waals surface area (Å²) in [6, 6.07) is 8.87. The van der Waals surface area contributed by atoms with Crippen LogP contribution in [0, 0.1) is 0 Å². The van der Waals surface area contributed by atoms with Crippen molar-refractivity contribution in [3.63, 3.8) is 0 Å². The Labute approximate surface area is 180 Å². The topological polar surface area (TPSA) is 61.4 Å². The highest BCUT2D eigenvalue weighted by molar-refractivity contribution is 7.22. The lowest BCUT2D eigenvalue weighted by atomic mass is 10.1. The molecule has 156 valence electrons. The lowest BCUT2D eigenvalue weighted by Gasteiger charge is -2.32. The fourth-order valence-electron chi connectivity index (χ4n) is 4.59. The number of carbonyl (C=O) groups excluding carboxylic acids is 1. The zero-order chi connectivity index (χ0) is 20.5. The average Bonchev–Trinajstić information content (AvgIpc) is 3.46. The van der Waals surface area contributed by atoms with Crippen molar-refractivity contribution in [1.29, 1.82) is 0 Å².